The summed E-state index contributed by atoms with van der Waals surface area (Å²) in [5, 5.41) is 0. The molecule has 116 valence electrons. The first kappa shape index (κ1) is 15.6. The maximum absolute atomic E-state index is 13.0. The van der Waals surface area contributed by atoms with E-state index in [9.17, 15) is 4.39 Å². The minimum atomic E-state index is -0.211. The predicted octanol–water partition coefficient (Wildman–Crippen LogP) is 3.24. The molecule has 0 spiro atoms. The molecule has 3 rings (SSSR count). The molecule has 1 unspecified atom stereocenters. The summed E-state index contributed by atoms with van der Waals surface area (Å²) in [4.78, 5) is 11.2. The quantitative estimate of drug-likeness (QED) is 0.573. The molecular weight excluding hydrogens is 394 g/mol. The summed E-state index contributed by atoms with van der Waals surface area (Å²) >= 11 is 2.35. The number of piperazine rings is 1. The van der Waals surface area contributed by atoms with Crippen molar-refractivity contribution in [3.63, 3.8) is 0 Å². The number of hydrogen-bond donors (Lipinski definition) is 0. The Morgan fingerprint density at radius 3 is 2.18 bits per heavy atom. The number of hydrogen-bond acceptors (Lipinski definition) is 4. The molecule has 1 aromatic heterocycles. The van der Waals surface area contributed by atoms with Crippen LogP contribution in [0.1, 0.15) is 24.0 Å². The lowest BCUT2D eigenvalue weighted by Crippen LogP contribution is -2.42. The van der Waals surface area contributed by atoms with E-state index in [4.69, 9.17) is 0 Å². The van der Waals surface area contributed by atoms with Crippen molar-refractivity contribution in [2.24, 2.45) is 0 Å². The second-order valence-corrected chi connectivity index (χ2v) is 6.85. The zero-order chi connectivity index (χ0) is 15.5. The molecule has 1 atom stereocenters. The third-order valence-electron chi connectivity index (χ3n) is 4.04. The average molecular weight is 412 g/mol. The molecule has 1 aromatic carbocycles. The van der Waals surface area contributed by atoms with Gasteiger partial charge >= 0.3 is 0 Å². The Morgan fingerprint density at radius 1 is 1.00 bits per heavy atom. The third-order valence-corrected chi connectivity index (χ3v) is 5.00. The Labute approximate surface area is 143 Å². The number of nitrogens with zero attached hydrogens (tertiary/aromatic N) is 4. The molecule has 1 aliphatic rings. The zero-order valence-corrected chi connectivity index (χ0v) is 14.6. The molecule has 4 nitrogen and oxygen atoms in total. The zero-order valence-electron chi connectivity index (χ0n) is 12.4. The van der Waals surface area contributed by atoms with Crippen LogP contribution in [-0.2, 0) is 0 Å². The van der Waals surface area contributed by atoms with Gasteiger partial charge < -0.3 is 4.90 Å². The van der Waals surface area contributed by atoms with Crippen LogP contribution in [-0.4, -0.2) is 39.3 Å². The SMILES string of the molecule is CC(c1ccc(F)cc1)c1cnc(N2CCN(I)CC2)nc1. The van der Waals surface area contributed by atoms with Crippen molar-refractivity contribution in [3.05, 3.63) is 53.6 Å². The van der Waals surface area contributed by atoms with Crippen LogP contribution in [0.2, 0.25) is 0 Å². The molecule has 0 amide bonds. The highest BCUT2D eigenvalue weighted by Crippen LogP contribution is 2.24. The number of halogens is 2. The lowest BCUT2D eigenvalue weighted by atomic mass is 9.95. The fourth-order valence-electron chi connectivity index (χ4n) is 2.54. The largest absolute Gasteiger partial charge is 0.338 e. The summed E-state index contributed by atoms with van der Waals surface area (Å²) in [6, 6.07) is 6.61. The molecule has 6 heteroatoms. The minimum absolute atomic E-state index is 0.154. The van der Waals surface area contributed by atoms with Crippen molar-refractivity contribution < 1.29 is 4.39 Å². The maximum atomic E-state index is 13.0. The van der Waals surface area contributed by atoms with Gasteiger partial charge in [0.05, 0.1) is 0 Å². The van der Waals surface area contributed by atoms with E-state index in [2.05, 4.69) is 47.8 Å². The Kier molecular flexibility index (Phi) is 4.87. The van der Waals surface area contributed by atoms with Gasteiger partial charge in [-0.1, -0.05) is 19.1 Å². The van der Waals surface area contributed by atoms with Crippen LogP contribution in [0, 0.1) is 5.82 Å². The summed E-state index contributed by atoms with van der Waals surface area (Å²) in [6.07, 6.45) is 3.76. The average Bonchev–Trinajstić information content (AvgIpc) is 2.56. The van der Waals surface area contributed by atoms with Crippen molar-refractivity contribution in [1.82, 2.24) is 13.1 Å². The van der Waals surface area contributed by atoms with Crippen LogP contribution in [0.5, 0.6) is 0 Å². The second-order valence-electron chi connectivity index (χ2n) is 5.49. The van der Waals surface area contributed by atoms with Crippen LogP contribution in [0.4, 0.5) is 10.3 Å². The first-order valence-corrected chi connectivity index (χ1v) is 8.33. The molecule has 1 aliphatic heterocycles. The first-order valence-electron chi connectivity index (χ1n) is 7.36. The molecule has 1 saturated heterocycles. The summed E-state index contributed by atoms with van der Waals surface area (Å²) < 4.78 is 15.3. The molecule has 0 aliphatic carbocycles. The maximum Gasteiger partial charge on any atom is 0.225 e. The van der Waals surface area contributed by atoms with E-state index in [0.717, 1.165) is 43.3 Å². The Hall–Kier alpha value is -1.28. The standard InChI is InChI=1S/C16H18FIN4/c1-12(13-2-4-15(17)5-3-13)14-10-19-16(20-11-14)21-6-8-22(18)9-7-21/h2-5,10-12H,6-9H2,1H3. The normalized spacial score (nSPS) is 17.5. The van der Waals surface area contributed by atoms with Gasteiger partial charge in [0.25, 0.3) is 0 Å². The minimum Gasteiger partial charge on any atom is -0.338 e. The van der Waals surface area contributed by atoms with Gasteiger partial charge in [-0.3, -0.25) is 0 Å². The van der Waals surface area contributed by atoms with Crippen molar-refractivity contribution in [2.45, 2.75) is 12.8 Å². The second kappa shape index (κ2) is 6.87. The number of rotatable bonds is 3. The smallest absolute Gasteiger partial charge is 0.225 e. The summed E-state index contributed by atoms with van der Waals surface area (Å²) in [5.41, 5.74) is 2.11. The summed E-state index contributed by atoms with van der Waals surface area (Å²) in [5.74, 6) is 0.734. The molecule has 1 fully saturated rings. The Balaban J connectivity index is 1.72. The number of aromatic nitrogens is 2. The van der Waals surface area contributed by atoms with Gasteiger partial charge in [-0.2, -0.15) is 0 Å². The van der Waals surface area contributed by atoms with Crippen LogP contribution in [0.25, 0.3) is 0 Å². The Morgan fingerprint density at radius 2 is 1.59 bits per heavy atom. The van der Waals surface area contributed by atoms with Crippen molar-refractivity contribution >= 4 is 28.8 Å². The monoisotopic (exact) mass is 412 g/mol. The van der Waals surface area contributed by atoms with Crippen LogP contribution >= 0.6 is 22.9 Å². The first-order chi connectivity index (χ1) is 10.6. The molecule has 0 N–H and O–H groups in total. The van der Waals surface area contributed by atoms with E-state index >= 15 is 0 Å². The topological polar surface area (TPSA) is 32.3 Å². The molecule has 22 heavy (non-hydrogen) atoms. The van der Waals surface area contributed by atoms with Crippen molar-refractivity contribution in [3.8, 4) is 0 Å². The van der Waals surface area contributed by atoms with Crippen molar-refractivity contribution in [2.75, 3.05) is 31.1 Å². The molecule has 2 aromatic rings. The van der Waals surface area contributed by atoms with Crippen LogP contribution in [0.3, 0.4) is 0 Å². The summed E-state index contributed by atoms with van der Waals surface area (Å²) in [7, 11) is 0. The number of benzene rings is 1. The lowest BCUT2D eigenvalue weighted by Gasteiger charge is -2.31. The molecular formula is C16H18FIN4. The van der Waals surface area contributed by atoms with E-state index in [1.165, 1.54) is 12.1 Å². The van der Waals surface area contributed by atoms with E-state index in [1.807, 2.05) is 24.5 Å². The van der Waals surface area contributed by atoms with Crippen molar-refractivity contribution in [1.29, 1.82) is 0 Å². The lowest BCUT2D eigenvalue weighted by molar-refractivity contribution is 0.456. The van der Waals surface area contributed by atoms with E-state index in [-0.39, 0.29) is 11.7 Å². The van der Waals surface area contributed by atoms with Gasteiger partial charge in [0.2, 0.25) is 5.95 Å². The highest BCUT2D eigenvalue weighted by atomic mass is 127. The van der Waals surface area contributed by atoms with Gasteiger partial charge in [-0.25, -0.2) is 17.5 Å². The molecule has 0 bridgehead atoms. The third kappa shape index (κ3) is 3.55. The van der Waals surface area contributed by atoms with E-state index < -0.39 is 0 Å². The van der Waals surface area contributed by atoms with Gasteiger partial charge in [-0.05, 0) is 23.3 Å². The fraction of sp³-hybridized carbons (Fsp3) is 0.375. The number of anilines is 1. The Bertz CT molecular complexity index is 609. The van der Waals surface area contributed by atoms with Gasteiger partial charge in [0.15, 0.2) is 0 Å². The van der Waals surface area contributed by atoms with Gasteiger partial charge in [0, 0.05) is 67.4 Å². The highest BCUT2D eigenvalue weighted by Gasteiger charge is 2.17. The molecule has 2 heterocycles. The molecule has 0 saturated carbocycles. The molecule has 0 radical (unpaired) electrons. The summed E-state index contributed by atoms with van der Waals surface area (Å²) in [6.45, 7) is 6.04. The van der Waals surface area contributed by atoms with Crippen LogP contribution in [0.15, 0.2) is 36.7 Å². The van der Waals surface area contributed by atoms with Gasteiger partial charge in [-0.15, -0.1) is 0 Å². The predicted molar refractivity (Wildman–Crippen MR) is 93.8 cm³/mol. The highest BCUT2D eigenvalue weighted by molar-refractivity contribution is 14.1. The van der Waals surface area contributed by atoms with E-state index in [0.29, 0.717) is 0 Å². The van der Waals surface area contributed by atoms with Crippen LogP contribution < -0.4 is 4.90 Å². The van der Waals surface area contributed by atoms with Gasteiger partial charge in [0.1, 0.15) is 5.82 Å². The fourth-order valence-corrected chi connectivity index (χ4v) is 2.98. The van der Waals surface area contributed by atoms with E-state index in [1.54, 1.807) is 0 Å².